The van der Waals surface area contributed by atoms with E-state index in [0.717, 1.165) is 22.6 Å². The molecule has 0 amide bonds. The summed E-state index contributed by atoms with van der Waals surface area (Å²) in [5.74, 6) is 1.86. The van der Waals surface area contributed by atoms with E-state index >= 15 is 0 Å². The van der Waals surface area contributed by atoms with Crippen molar-refractivity contribution in [1.82, 2.24) is 0 Å². The van der Waals surface area contributed by atoms with Crippen molar-refractivity contribution < 1.29 is 9.47 Å². The molecule has 0 aliphatic heterocycles. The van der Waals surface area contributed by atoms with Crippen molar-refractivity contribution in [3.8, 4) is 22.6 Å². The third-order valence-electron chi connectivity index (χ3n) is 3.97. The molecule has 0 aromatic heterocycles. The first-order chi connectivity index (χ1) is 13.3. The molecule has 27 heavy (non-hydrogen) atoms. The lowest BCUT2D eigenvalue weighted by atomic mass is 10.1. The van der Waals surface area contributed by atoms with E-state index in [4.69, 9.17) is 15.2 Å². The van der Waals surface area contributed by atoms with Crippen LogP contribution in [-0.4, -0.2) is 26.2 Å². The third-order valence-corrected chi connectivity index (χ3v) is 3.97. The zero-order chi connectivity index (χ0) is 18.9. The van der Waals surface area contributed by atoms with Crippen LogP contribution >= 0.6 is 0 Å². The van der Waals surface area contributed by atoms with E-state index in [1.165, 1.54) is 0 Å². The summed E-state index contributed by atoms with van der Waals surface area (Å²) in [6.07, 6.45) is 0. The van der Waals surface area contributed by atoms with Crippen LogP contribution in [0.15, 0.2) is 83.9 Å². The molecule has 0 spiro atoms. The summed E-state index contributed by atoms with van der Waals surface area (Å²) in [6, 6.07) is 25.7. The van der Waals surface area contributed by atoms with E-state index in [-0.39, 0.29) is 0 Å². The lowest BCUT2D eigenvalue weighted by Crippen LogP contribution is -2.23. The highest BCUT2D eigenvalue weighted by Gasteiger charge is 2.05. The first-order valence-corrected chi connectivity index (χ1v) is 8.75. The van der Waals surface area contributed by atoms with Gasteiger partial charge < -0.3 is 20.5 Å². The summed E-state index contributed by atoms with van der Waals surface area (Å²) >= 11 is 0. The molecular weight excluding hydrogens is 338 g/mol. The SMILES string of the molecule is COc1ccccc1NC(N)=NCCOc1ccccc1-c1ccccc1. The lowest BCUT2D eigenvalue weighted by molar-refractivity contribution is 0.330. The molecule has 3 aromatic carbocycles. The van der Waals surface area contributed by atoms with Gasteiger partial charge >= 0.3 is 0 Å². The van der Waals surface area contributed by atoms with E-state index in [0.29, 0.717) is 24.9 Å². The van der Waals surface area contributed by atoms with Gasteiger partial charge in [0.2, 0.25) is 0 Å². The van der Waals surface area contributed by atoms with Crippen molar-refractivity contribution in [2.45, 2.75) is 0 Å². The van der Waals surface area contributed by atoms with Gasteiger partial charge in [0, 0.05) is 5.56 Å². The molecule has 5 heteroatoms. The minimum atomic E-state index is 0.319. The summed E-state index contributed by atoms with van der Waals surface area (Å²) in [5, 5.41) is 3.04. The fourth-order valence-corrected chi connectivity index (χ4v) is 2.70. The summed E-state index contributed by atoms with van der Waals surface area (Å²) < 4.78 is 11.2. The molecular formula is C22H23N3O2. The average Bonchev–Trinajstić information content (AvgIpc) is 2.72. The number of aliphatic imine (C=N–C) groups is 1. The van der Waals surface area contributed by atoms with Gasteiger partial charge in [0.05, 0.1) is 19.3 Å². The van der Waals surface area contributed by atoms with Gasteiger partial charge in [-0.2, -0.15) is 0 Å². The molecule has 0 radical (unpaired) electrons. The number of ether oxygens (including phenoxy) is 2. The van der Waals surface area contributed by atoms with Crippen LogP contribution in [0, 0.1) is 0 Å². The Kier molecular flexibility index (Phi) is 6.30. The van der Waals surface area contributed by atoms with Crippen LogP contribution in [0.2, 0.25) is 0 Å². The number of methoxy groups -OCH3 is 1. The van der Waals surface area contributed by atoms with Crippen LogP contribution in [0.4, 0.5) is 5.69 Å². The molecule has 0 atom stereocenters. The van der Waals surface area contributed by atoms with Gasteiger partial charge in [0.25, 0.3) is 0 Å². The molecule has 0 unspecified atom stereocenters. The number of hydrogen-bond donors (Lipinski definition) is 2. The van der Waals surface area contributed by atoms with Crippen molar-refractivity contribution >= 4 is 11.6 Å². The number of nitrogens with zero attached hydrogens (tertiary/aromatic N) is 1. The Balaban J connectivity index is 1.58. The highest BCUT2D eigenvalue weighted by molar-refractivity contribution is 5.93. The molecule has 0 saturated carbocycles. The van der Waals surface area contributed by atoms with Gasteiger partial charge in [-0.3, -0.25) is 0 Å². The molecule has 138 valence electrons. The van der Waals surface area contributed by atoms with Crippen LogP contribution in [-0.2, 0) is 0 Å². The normalized spacial score (nSPS) is 11.1. The van der Waals surface area contributed by atoms with Crippen LogP contribution in [0.25, 0.3) is 11.1 Å². The van der Waals surface area contributed by atoms with Crippen LogP contribution < -0.4 is 20.5 Å². The number of nitrogens with two attached hydrogens (primary N) is 1. The maximum Gasteiger partial charge on any atom is 0.193 e. The molecule has 0 fully saturated rings. The number of rotatable bonds is 7. The van der Waals surface area contributed by atoms with E-state index < -0.39 is 0 Å². The number of anilines is 1. The fourth-order valence-electron chi connectivity index (χ4n) is 2.70. The topological polar surface area (TPSA) is 68.9 Å². The smallest absolute Gasteiger partial charge is 0.193 e. The van der Waals surface area contributed by atoms with Gasteiger partial charge in [-0.15, -0.1) is 0 Å². The molecule has 0 heterocycles. The van der Waals surface area contributed by atoms with Crippen molar-refractivity contribution in [2.75, 3.05) is 25.6 Å². The number of para-hydroxylation sites is 3. The molecule has 3 rings (SSSR count). The lowest BCUT2D eigenvalue weighted by Gasteiger charge is -2.12. The zero-order valence-electron chi connectivity index (χ0n) is 15.3. The van der Waals surface area contributed by atoms with Crippen molar-refractivity contribution in [1.29, 1.82) is 0 Å². The predicted octanol–water partition coefficient (Wildman–Crippen LogP) is 4.17. The molecule has 0 bridgehead atoms. The maximum atomic E-state index is 5.96. The summed E-state index contributed by atoms with van der Waals surface area (Å²) in [5.41, 5.74) is 8.91. The van der Waals surface area contributed by atoms with Crippen molar-refractivity contribution in [2.24, 2.45) is 10.7 Å². The first kappa shape index (κ1) is 18.3. The number of guanidine groups is 1. The average molecular weight is 361 g/mol. The predicted molar refractivity (Wildman–Crippen MR) is 110 cm³/mol. The molecule has 3 N–H and O–H groups in total. The first-order valence-electron chi connectivity index (χ1n) is 8.75. The highest BCUT2D eigenvalue weighted by atomic mass is 16.5. The molecule has 0 aliphatic rings. The van der Waals surface area contributed by atoms with E-state index in [1.807, 2.05) is 66.7 Å². The molecule has 3 aromatic rings. The third kappa shape index (κ3) is 5.01. The number of nitrogens with one attached hydrogen (secondary N) is 1. The Morgan fingerprint density at radius 3 is 2.33 bits per heavy atom. The van der Waals surface area contributed by atoms with Crippen molar-refractivity contribution in [3.05, 3.63) is 78.9 Å². The molecule has 5 nitrogen and oxygen atoms in total. The Bertz CT molecular complexity index is 895. The second-order valence-electron chi connectivity index (χ2n) is 5.80. The zero-order valence-corrected chi connectivity index (χ0v) is 15.3. The minimum Gasteiger partial charge on any atom is -0.495 e. The van der Waals surface area contributed by atoms with Gasteiger partial charge in [-0.25, -0.2) is 4.99 Å². The van der Waals surface area contributed by atoms with Crippen molar-refractivity contribution in [3.63, 3.8) is 0 Å². The van der Waals surface area contributed by atoms with Gasteiger partial charge in [-0.1, -0.05) is 60.7 Å². The minimum absolute atomic E-state index is 0.319. The largest absolute Gasteiger partial charge is 0.495 e. The molecule has 0 aliphatic carbocycles. The summed E-state index contributed by atoms with van der Waals surface area (Å²) in [7, 11) is 1.62. The monoisotopic (exact) mass is 361 g/mol. The Morgan fingerprint density at radius 2 is 1.56 bits per heavy atom. The number of benzene rings is 3. The number of hydrogen-bond acceptors (Lipinski definition) is 3. The van der Waals surface area contributed by atoms with E-state index in [1.54, 1.807) is 7.11 Å². The van der Waals surface area contributed by atoms with Gasteiger partial charge in [0.15, 0.2) is 5.96 Å². The maximum absolute atomic E-state index is 5.96. The fraction of sp³-hybridized carbons (Fsp3) is 0.136. The van der Waals surface area contributed by atoms with Gasteiger partial charge in [0.1, 0.15) is 18.1 Å². The van der Waals surface area contributed by atoms with Crippen LogP contribution in [0.5, 0.6) is 11.5 Å². The standard InChI is InChI=1S/C22H23N3O2/c1-26-21-14-8-6-12-19(21)25-22(23)24-15-16-27-20-13-7-5-11-18(20)17-9-3-2-4-10-17/h2-14H,15-16H2,1H3,(H3,23,24,25). The molecule has 0 saturated heterocycles. The van der Waals surface area contributed by atoms with Gasteiger partial charge in [-0.05, 0) is 23.8 Å². The Labute approximate surface area is 159 Å². The summed E-state index contributed by atoms with van der Waals surface area (Å²) in [6.45, 7) is 0.870. The van der Waals surface area contributed by atoms with Crippen LogP contribution in [0.1, 0.15) is 0 Å². The van der Waals surface area contributed by atoms with E-state index in [9.17, 15) is 0 Å². The Morgan fingerprint density at radius 1 is 0.889 bits per heavy atom. The quantitative estimate of drug-likeness (QED) is 0.376. The summed E-state index contributed by atoms with van der Waals surface area (Å²) in [4.78, 5) is 4.32. The van der Waals surface area contributed by atoms with E-state index in [2.05, 4.69) is 22.4 Å². The Hall–Kier alpha value is -3.47. The second kappa shape index (κ2) is 9.29. The van der Waals surface area contributed by atoms with Crippen LogP contribution in [0.3, 0.4) is 0 Å². The second-order valence-corrected chi connectivity index (χ2v) is 5.80. The highest BCUT2D eigenvalue weighted by Crippen LogP contribution is 2.29.